The minimum absolute atomic E-state index is 0.268. The van der Waals surface area contributed by atoms with E-state index in [1.807, 2.05) is 6.07 Å². The van der Waals surface area contributed by atoms with Crippen LogP contribution in [0.2, 0.25) is 0 Å². The van der Waals surface area contributed by atoms with Crippen LogP contribution in [-0.2, 0) is 0 Å². The third-order valence-corrected chi connectivity index (χ3v) is 4.52. The molecule has 1 heterocycles. The number of likely N-dealkylation sites (tertiary alicyclic amines) is 1. The quantitative estimate of drug-likeness (QED) is 0.891. The van der Waals surface area contributed by atoms with Gasteiger partial charge in [-0.2, -0.15) is 0 Å². The third-order valence-electron chi connectivity index (χ3n) is 4.52. The lowest BCUT2D eigenvalue weighted by atomic mass is 9.89. The molecule has 2 aromatic carbocycles. The molecule has 3 nitrogen and oxygen atoms in total. The third kappa shape index (κ3) is 4.09. The molecule has 1 aliphatic rings. The molecule has 4 heteroatoms. The second kappa shape index (κ2) is 7.57. The number of hydrogen-bond acceptors (Lipinski definition) is 3. The summed E-state index contributed by atoms with van der Waals surface area (Å²) in [5, 5.41) is 0. The molecule has 1 saturated heterocycles. The highest BCUT2D eigenvalue weighted by Crippen LogP contribution is 2.31. The molecule has 0 aliphatic carbocycles. The molecule has 2 N–H and O–H groups in total. The monoisotopic (exact) mass is 314 g/mol. The van der Waals surface area contributed by atoms with Gasteiger partial charge in [0.15, 0.2) is 0 Å². The lowest BCUT2D eigenvalue weighted by Gasteiger charge is -2.17. The van der Waals surface area contributed by atoms with Gasteiger partial charge in [-0.1, -0.05) is 36.4 Å². The van der Waals surface area contributed by atoms with Gasteiger partial charge in [0.2, 0.25) is 0 Å². The van der Waals surface area contributed by atoms with Crippen molar-refractivity contribution < 1.29 is 9.13 Å². The predicted molar refractivity (Wildman–Crippen MR) is 90.1 cm³/mol. The van der Waals surface area contributed by atoms with E-state index in [-0.39, 0.29) is 5.82 Å². The van der Waals surface area contributed by atoms with Crippen LogP contribution in [0.3, 0.4) is 0 Å². The van der Waals surface area contributed by atoms with E-state index in [1.165, 1.54) is 17.7 Å². The Hall–Kier alpha value is -1.91. The molecule has 0 bridgehead atoms. The van der Waals surface area contributed by atoms with Crippen LogP contribution in [0.25, 0.3) is 0 Å². The van der Waals surface area contributed by atoms with Gasteiger partial charge in [-0.3, -0.25) is 4.90 Å². The van der Waals surface area contributed by atoms with Crippen molar-refractivity contribution in [2.45, 2.75) is 5.92 Å². The topological polar surface area (TPSA) is 38.5 Å². The van der Waals surface area contributed by atoms with E-state index < -0.39 is 0 Å². The zero-order valence-corrected chi connectivity index (χ0v) is 13.2. The summed E-state index contributed by atoms with van der Waals surface area (Å²) in [6.45, 7) is 4.07. The first-order valence-corrected chi connectivity index (χ1v) is 8.12. The summed E-state index contributed by atoms with van der Waals surface area (Å²) in [5.74, 6) is 1.28. The Morgan fingerprint density at radius 3 is 2.65 bits per heavy atom. The number of hydrogen-bond donors (Lipinski definition) is 1. The highest BCUT2D eigenvalue weighted by Gasteiger charge is 2.32. The lowest BCUT2D eigenvalue weighted by Crippen LogP contribution is -2.27. The van der Waals surface area contributed by atoms with Crippen LogP contribution < -0.4 is 10.5 Å². The van der Waals surface area contributed by atoms with Crippen molar-refractivity contribution in [3.8, 4) is 5.75 Å². The maximum atomic E-state index is 13.1. The molecule has 0 radical (unpaired) electrons. The first-order valence-electron chi connectivity index (χ1n) is 8.12. The maximum Gasteiger partial charge on any atom is 0.126 e. The average Bonchev–Trinajstić information content (AvgIpc) is 2.99. The highest BCUT2D eigenvalue weighted by molar-refractivity contribution is 5.23. The van der Waals surface area contributed by atoms with E-state index in [0.29, 0.717) is 30.7 Å². The molecule has 0 aromatic heterocycles. The Bertz CT molecular complexity index is 620. The SMILES string of the molecule is NC[C@@H]1CN(CCOc2cccc(F)c2)C[C@H]1c1ccccc1. The zero-order chi connectivity index (χ0) is 16.1. The number of rotatable bonds is 6. The van der Waals surface area contributed by atoms with Gasteiger partial charge in [0.05, 0.1) is 0 Å². The van der Waals surface area contributed by atoms with Gasteiger partial charge in [-0.25, -0.2) is 4.39 Å². The molecule has 0 unspecified atom stereocenters. The Morgan fingerprint density at radius 2 is 1.91 bits per heavy atom. The van der Waals surface area contributed by atoms with Crippen molar-refractivity contribution in [2.24, 2.45) is 11.7 Å². The maximum absolute atomic E-state index is 13.1. The molecule has 23 heavy (non-hydrogen) atoms. The number of ether oxygens (including phenoxy) is 1. The molecular formula is C19H23FN2O. The summed E-state index contributed by atoms with van der Waals surface area (Å²) < 4.78 is 18.8. The molecule has 0 spiro atoms. The minimum atomic E-state index is -0.268. The predicted octanol–water partition coefficient (Wildman–Crippen LogP) is 2.88. The van der Waals surface area contributed by atoms with Crippen LogP contribution in [0, 0.1) is 11.7 Å². The van der Waals surface area contributed by atoms with Crippen molar-refractivity contribution in [2.75, 3.05) is 32.8 Å². The lowest BCUT2D eigenvalue weighted by molar-refractivity contribution is 0.232. The average molecular weight is 314 g/mol. The van der Waals surface area contributed by atoms with Gasteiger partial charge < -0.3 is 10.5 Å². The molecule has 1 fully saturated rings. The van der Waals surface area contributed by atoms with E-state index >= 15 is 0 Å². The molecule has 1 aliphatic heterocycles. The van der Waals surface area contributed by atoms with Gasteiger partial charge in [0.25, 0.3) is 0 Å². The fourth-order valence-electron chi connectivity index (χ4n) is 3.31. The smallest absolute Gasteiger partial charge is 0.126 e. The van der Waals surface area contributed by atoms with Gasteiger partial charge in [-0.05, 0) is 30.2 Å². The number of nitrogens with zero attached hydrogens (tertiary/aromatic N) is 1. The van der Waals surface area contributed by atoms with Crippen molar-refractivity contribution in [3.05, 3.63) is 66.0 Å². The van der Waals surface area contributed by atoms with E-state index in [0.717, 1.165) is 19.6 Å². The van der Waals surface area contributed by atoms with Crippen LogP contribution in [0.5, 0.6) is 5.75 Å². The fraction of sp³-hybridized carbons (Fsp3) is 0.368. The van der Waals surface area contributed by atoms with Crippen molar-refractivity contribution in [1.82, 2.24) is 4.90 Å². The summed E-state index contributed by atoms with van der Waals surface area (Å²) in [6, 6.07) is 16.8. The minimum Gasteiger partial charge on any atom is -0.492 e. The molecule has 2 aromatic rings. The Balaban J connectivity index is 1.53. The number of benzene rings is 2. The fourth-order valence-corrected chi connectivity index (χ4v) is 3.31. The van der Waals surface area contributed by atoms with Crippen LogP contribution >= 0.6 is 0 Å². The first kappa shape index (κ1) is 16.0. The molecular weight excluding hydrogens is 291 g/mol. The van der Waals surface area contributed by atoms with Crippen LogP contribution in [0.4, 0.5) is 4.39 Å². The highest BCUT2D eigenvalue weighted by atomic mass is 19.1. The Morgan fingerprint density at radius 1 is 1.09 bits per heavy atom. The van der Waals surface area contributed by atoms with Gasteiger partial charge in [0.1, 0.15) is 18.2 Å². The van der Waals surface area contributed by atoms with E-state index in [1.54, 1.807) is 12.1 Å². The number of nitrogens with two attached hydrogens (primary N) is 1. The first-order chi connectivity index (χ1) is 11.3. The largest absolute Gasteiger partial charge is 0.492 e. The van der Waals surface area contributed by atoms with Gasteiger partial charge in [-0.15, -0.1) is 0 Å². The van der Waals surface area contributed by atoms with E-state index in [9.17, 15) is 4.39 Å². The molecule has 0 amide bonds. The van der Waals surface area contributed by atoms with Gasteiger partial charge in [0, 0.05) is 31.6 Å². The zero-order valence-electron chi connectivity index (χ0n) is 13.2. The summed E-state index contributed by atoms with van der Waals surface area (Å²) in [7, 11) is 0. The summed E-state index contributed by atoms with van der Waals surface area (Å²) in [4.78, 5) is 2.38. The summed E-state index contributed by atoms with van der Waals surface area (Å²) in [5.41, 5.74) is 7.32. The normalized spacial score (nSPS) is 21.5. The summed E-state index contributed by atoms with van der Waals surface area (Å²) in [6.07, 6.45) is 0. The van der Waals surface area contributed by atoms with E-state index in [4.69, 9.17) is 10.5 Å². The second-order valence-electron chi connectivity index (χ2n) is 6.08. The van der Waals surface area contributed by atoms with Gasteiger partial charge >= 0.3 is 0 Å². The van der Waals surface area contributed by atoms with Crippen LogP contribution in [0.15, 0.2) is 54.6 Å². The Kier molecular flexibility index (Phi) is 5.26. The summed E-state index contributed by atoms with van der Waals surface area (Å²) >= 11 is 0. The second-order valence-corrected chi connectivity index (χ2v) is 6.08. The molecule has 3 rings (SSSR count). The van der Waals surface area contributed by atoms with Crippen molar-refractivity contribution >= 4 is 0 Å². The van der Waals surface area contributed by atoms with Crippen LogP contribution in [-0.4, -0.2) is 37.7 Å². The van der Waals surface area contributed by atoms with E-state index in [2.05, 4.69) is 29.2 Å². The number of halogens is 1. The molecule has 122 valence electrons. The molecule has 0 saturated carbocycles. The van der Waals surface area contributed by atoms with Crippen molar-refractivity contribution in [1.29, 1.82) is 0 Å². The van der Waals surface area contributed by atoms with Crippen LogP contribution in [0.1, 0.15) is 11.5 Å². The standard InChI is InChI=1S/C19H23FN2O/c20-17-7-4-8-18(11-17)23-10-9-22-13-16(12-21)19(14-22)15-5-2-1-3-6-15/h1-8,11,16,19H,9-10,12-14,21H2/t16-,19+/m1/s1. The van der Waals surface area contributed by atoms with Crippen molar-refractivity contribution in [3.63, 3.8) is 0 Å². The Labute approximate surface area is 136 Å². The molecule has 2 atom stereocenters.